The van der Waals surface area contributed by atoms with Crippen molar-refractivity contribution in [3.05, 3.63) is 24.2 Å². The van der Waals surface area contributed by atoms with E-state index < -0.39 is 21.0 Å². The lowest BCUT2D eigenvalue weighted by Gasteiger charge is -2.15. The molecular formula is C11H17NO4S. The van der Waals surface area contributed by atoms with Crippen molar-refractivity contribution in [3.63, 3.8) is 0 Å². The molecule has 0 unspecified atom stereocenters. The van der Waals surface area contributed by atoms with Gasteiger partial charge in [-0.25, -0.2) is 8.42 Å². The highest BCUT2D eigenvalue weighted by atomic mass is 32.2. The second kappa shape index (κ2) is 5.35. The van der Waals surface area contributed by atoms with Crippen molar-refractivity contribution in [3.8, 4) is 0 Å². The van der Waals surface area contributed by atoms with Crippen LogP contribution in [0, 0.1) is 0 Å². The van der Waals surface area contributed by atoms with Crippen LogP contribution >= 0.6 is 0 Å². The van der Waals surface area contributed by atoms with Gasteiger partial charge in [-0.3, -0.25) is 4.79 Å². The lowest BCUT2D eigenvalue weighted by atomic mass is 10.2. The average molecular weight is 259 g/mol. The van der Waals surface area contributed by atoms with E-state index in [1.807, 2.05) is 6.07 Å². The lowest BCUT2D eigenvalue weighted by Crippen LogP contribution is -2.42. The zero-order chi connectivity index (χ0) is 13.1. The first kappa shape index (κ1) is 13.8. The van der Waals surface area contributed by atoms with Crippen molar-refractivity contribution in [1.29, 1.82) is 0 Å². The van der Waals surface area contributed by atoms with Crippen LogP contribution in [-0.4, -0.2) is 31.9 Å². The van der Waals surface area contributed by atoms with Crippen molar-refractivity contribution in [2.45, 2.75) is 31.6 Å². The first-order valence-electron chi connectivity index (χ1n) is 5.32. The van der Waals surface area contributed by atoms with E-state index in [0.717, 1.165) is 12.0 Å². The number of sulfone groups is 1. The van der Waals surface area contributed by atoms with Gasteiger partial charge in [0.2, 0.25) is 5.91 Å². The van der Waals surface area contributed by atoms with Crippen molar-refractivity contribution in [2.24, 2.45) is 0 Å². The minimum atomic E-state index is -3.35. The molecule has 0 saturated carbocycles. The summed E-state index contributed by atoms with van der Waals surface area (Å²) < 4.78 is 27.5. The van der Waals surface area contributed by atoms with Crippen LogP contribution in [0.5, 0.6) is 0 Å². The van der Waals surface area contributed by atoms with Gasteiger partial charge in [0.05, 0.1) is 6.26 Å². The number of hydrogen-bond donors (Lipinski definition) is 1. The minimum absolute atomic E-state index is 0.169. The molecule has 1 N–H and O–H groups in total. The van der Waals surface area contributed by atoms with Gasteiger partial charge in [0.1, 0.15) is 11.0 Å². The zero-order valence-corrected chi connectivity index (χ0v) is 11.0. The van der Waals surface area contributed by atoms with Crippen molar-refractivity contribution in [1.82, 2.24) is 5.32 Å². The van der Waals surface area contributed by atoms with Crippen molar-refractivity contribution >= 4 is 15.7 Å². The zero-order valence-electron chi connectivity index (χ0n) is 10.1. The van der Waals surface area contributed by atoms with Crippen LogP contribution in [0.3, 0.4) is 0 Å². The van der Waals surface area contributed by atoms with Crippen LogP contribution in [0.2, 0.25) is 0 Å². The van der Waals surface area contributed by atoms with Gasteiger partial charge in [0, 0.05) is 18.7 Å². The summed E-state index contributed by atoms with van der Waals surface area (Å²) in [6.07, 6.45) is 3.15. The summed E-state index contributed by atoms with van der Waals surface area (Å²) >= 11 is 0. The molecule has 1 aromatic heterocycles. The molecule has 2 atom stereocenters. The highest BCUT2D eigenvalue weighted by Crippen LogP contribution is 2.05. The lowest BCUT2D eigenvalue weighted by molar-refractivity contribution is -0.121. The number of furan rings is 1. The molecule has 17 heavy (non-hydrogen) atoms. The summed E-state index contributed by atoms with van der Waals surface area (Å²) in [6, 6.07) is 3.41. The molecular weight excluding hydrogens is 242 g/mol. The molecule has 0 aliphatic carbocycles. The van der Waals surface area contributed by atoms with Crippen LogP contribution in [0.1, 0.15) is 19.6 Å². The van der Waals surface area contributed by atoms with E-state index in [1.165, 1.54) is 6.92 Å². The van der Waals surface area contributed by atoms with Gasteiger partial charge in [0.25, 0.3) is 0 Å². The maximum atomic E-state index is 11.6. The van der Waals surface area contributed by atoms with Crippen molar-refractivity contribution in [2.75, 3.05) is 6.26 Å². The first-order valence-corrected chi connectivity index (χ1v) is 7.27. The Kier molecular flexibility index (Phi) is 4.34. The number of carbonyl (C=O) groups excluding carboxylic acids is 1. The molecule has 0 bridgehead atoms. The molecule has 0 aliphatic heterocycles. The topological polar surface area (TPSA) is 76.4 Å². The molecule has 1 rings (SSSR count). The fourth-order valence-electron chi connectivity index (χ4n) is 1.34. The van der Waals surface area contributed by atoms with Crippen LogP contribution < -0.4 is 5.32 Å². The third kappa shape index (κ3) is 4.22. The van der Waals surface area contributed by atoms with E-state index in [4.69, 9.17) is 4.42 Å². The molecule has 5 nitrogen and oxygen atoms in total. The van der Waals surface area contributed by atoms with Crippen molar-refractivity contribution < 1.29 is 17.6 Å². The third-order valence-corrected chi connectivity index (χ3v) is 3.99. The van der Waals surface area contributed by atoms with Gasteiger partial charge < -0.3 is 9.73 Å². The van der Waals surface area contributed by atoms with Gasteiger partial charge in [-0.05, 0) is 26.0 Å². The maximum Gasteiger partial charge on any atom is 0.238 e. The number of nitrogens with one attached hydrogen (secondary N) is 1. The summed E-state index contributed by atoms with van der Waals surface area (Å²) in [5.41, 5.74) is 0. The summed E-state index contributed by atoms with van der Waals surface area (Å²) in [4.78, 5) is 11.6. The number of hydrogen-bond acceptors (Lipinski definition) is 4. The Hall–Kier alpha value is -1.30. The Morgan fingerprint density at radius 1 is 1.47 bits per heavy atom. The summed E-state index contributed by atoms with van der Waals surface area (Å²) in [5.74, 6) is 0.274. The van der Waals surface area contributed by atoms with E-state index in [1.54, 1.807) is 19.3 Å². The molecule has 1 aromatic rings. The number of carbonyl (C=O) groups is 1. The molecule has 1 heterocycles. The van der Waals surface area contributed by atoms with Crippen LogP contribution in [0.4, 0.5) is 0 Å². The predicted molar refractivity (Wildman–Crippen MR) is 64.3 cm³/mol. The fourth-order valence-corrected chi connectivity index (χ4v) is 1.79. The molecule has 0 saturated heterocycles. The first-order chi connectivity index (χ1) is 7.80. The van der Waals surface area contributed by atoms with E-state index in [2.05, 4.69) is 5.32 Å². The maximum absolute atomic E-state index is 11.6. The molecule has 0 aromatic carbocycles. The Morgan fingerprint density at radius 3 is 2.59 bits per heavy atom. The Morgan fingerprint density at radius 2 is 2.12 bits per heavy atom. The second-order valence-corrected chi connectivity index (χ2v) is 6.53. The molecule has 1 amide bonds. The Labute approximate surface area is 101 Å². The molecule has 0 spiro atoms. The number of rotatable bonds is 5. The minimum Gasteiger partial charge on any atom is -0.469 e. The summed E-state index contributed by atoms with van der Waals surface area (Å²) in [7, 11) is -3.35. The quantitative estimate of drug-likeness (QED) is 0.847. The van der Waals surface area contributed by atoms with Gasteiger partial charge >= 0.3 is 0 Å². The average Bonchev–Trinajstić information content (AvgIpc) is 2.67. The smallest absolute Gasteiger partial charge is 0.238 e. The summed E-state index contributed by atoms with van der Waals surface area (Å²) in [6.45, 7) is 3.18. The molecule has 0 radical (unpaired) electrons. The Bertz CT molecular complexity index is 464. The molecule has 0 fully saturated rings. The van der Waals surface area contributed by atoms with Gasteiger partial charge in [0.15, 0.2) is 9.84 Å². The van der Waals surface area contributed by atoms with Gasteiger partial charge in [-0.2, -0.15) is 0 Å². The van der Waals surface area contributed by atoms with E-state index in [0.29, 0.717) is 6.42 Å². The largest absolute Gasteiger partial charge is 0.469 e. The molecule has 6 heteroatoms. The summed E-state index contributed by atoms with van der Waals surface area (Å²) in [5, 5.41) is 1.62. The molecule has 0 aliphatic rings. The SMILES string of the molecule is C[C@H](Cc1ccco1)NC(=O)[C@H](C)S(C)(=O)=O. The third-order valence-electron chi connectivity index (χ3n) is 2.49. The standard InChI is InChI=1S/C11H17NO4S/c1-8(7-10-5-4-6-16-10)12-11(13)9(2)17(3,14)15/h4-6,8-9H,7H2,1-3H3,(H,12,13)/t8-,9+/m1/s1. The van der Waals surface area contributed by atoms with Crippen LogP contribution in [-0.2, 0) is 21.1 Å². The highest BCUT2D eigenvalue weighted by molar-refractivity contribution is 7.92. The second-order valence-electron chi connectivity index (χ2n) is 4.16. The Balaban J connectivity index is 2.52. The van der Waals surface area contributed by atoms with E-state index in [9.17, 15) is 13.2 Å². The predicted octanol–water partition coefficient (Wildman–Crippen LogP) is 0.760. The van der Waals surface area contributed by atoms with E-state index >= 15 is 0 Å². The normalized spacial score (nSPS) is 15.2. The monoisotopic (exact) mass is 259 g/mol. The number of amides is 1. The fraction of sp³-hybridized carbons (Fsp3) is 0.545. The van der Waals surface area contributed by atoms with Gasteiger partial charge in [-0.1, -0.05) is 0 Å². The molecule has 96 valence electrons. The van der Waals surface area contributed by atoms with E-state index in [-0.39, 0.29) is 6.04 Å². The highest BCUT2D eigenvalue weighted by Gasteiger charge is 2.24. The van der Waals surface area contributed by atoms with Gasteiger partial charge in [-0.15, -0.1) is 0 Å². The van der Waals surface area contributed by atoms with Crippen LogP contribution in [0.15, 0.2) is 22.8 Å². The van der Waals surface area contributed by atoms with Crippen LogP contribution in [0.25, 0.3) is 0 Å².